The van der Waals surface area contributed by atoms with Gasteiger partial charge in [-0.25, -0.2) is 0 Å². The monoisotopic (exact) mass is 444 g/mol. The van der Waals surface area contributed by atoms with Crippen molar-refractivity contribution in [3.63, 3.8) is 0 Å². The molecule has 3 aromatic heterocycles. The highest BCUT2D eigenvalue weighted by Crippen LogP contribution is 2.17. The molecule has 6 nitrogen and oxygen atoms in total. The molecule has 0 radical (unpaired) electrons. The van der Waals surface area contributed by atoms with E-state index in [9.17, 15) is 9.59 Å². The molecule has 3 heterocycles. The maximum absolute atomic E-state index is 13.5. The summed E-state index contributed by atoms with van der Waals surface area (Å²) in [7, 11) is 0. The number of rotatable bonds is 7. The van der Waals surface area contributed by atoms with Crippen LogP contribution >= 0.6 is 11.6 Å². The van der Waals surface area contributed by atoms with Gasteiger partial charge in [-0.15, -0.1) is 0 Å². The van der Waals surface area contributed by atoms with Gasteiger partial charge in [0.15, 0.2) is 0 Å². The first-order valence-corrected chi connectivity index (χ1v) is 10.5. The second kappa shape index (κ2) is 10.0. The molecule has 7 heteroatoms. The fourth-order valence-electron chi connectivity index (χ4n) is 3.39. The van der Waals surface area contributed by atoms with Gasteiger partial charge in [0.2, 0.25) is 0 Å². The summed E-state index contributed by atoms with van der Waals surface area (Å²) in [6.07, 6.45) is 8.43. The van der Waals surface area contributed by atoms with E-state index in [0.29, 0.717) is 23.7 Å². The zero-order valence-electron chi connectivity index (χ0n) is 17.3. The highest BCUT2D eigenvalue weighted by Gasteiger charge is 2.18. The average molecular weight is 445 g/mol. The van der Waals surface area contributed by atoms with Crippen LogP contribution in [-0.2, 0) is 19.6 Å². The number of pyridine rings is 3. The van der Waals surface area contributed by atoms with Crippen molar-refractivity contribution in [2.45, 2.75) is 19.6 Å². The Kier molecular flexibility index (Phi) is 6.72. The van der Waals surface area contributed by atoms with Crippen LogP contribution in [0.1, 0.15) is 27.0 Å². The molecule has 0 aliphatic rings. The lowest BCUT2D eigenvalue weighted by atomic mass is 10.1. The summed E-state index contributed by atoms with van der Waals surface area (Å²) in [4.78, 5) is 35.9. The van der Waals surface area contributed by atoms with E-state index >= 15 is 0 Å². The number of carbonyl (C=O) groups excluding carboxylic acids is 1. The first kappa shape index (κ1) is 21.5. The molecule has 0 fully saturated rings. The van der Waals surface area contributed by atoms with Crippen LogP contribution in [0.15, 0.2) is 96.4 Å². The molecule has 0 saturated heterocycles. The van der Waals surface area contributed by atoms with Crippen molar-refractivity contribution >= 4 is 17.5 Å². The lowest BCUT2D eigenvalue weighted by Crippen LogP contribution is -2.31. The zero-order chi connectivity index (χ0) is 22.3. The van der Waals surface area contributed by atoms with Crippen LogP contribution in [0.3, 0.4) is 0 Å². The zero-order valence-corrected chi connectivity index (χ0v) is 18.0. The summed E-state index contributed by atoms with van der Waals surface area (Å²) in [6, 6.07) is 17.9. The lowest BCUT2D eigenvalue weighted by molar-refractivity contribution is 0.0729. The molecule has 1 amide bonds. The van der Waals surface area contributed by atoms with E-state index < -0.39 is 0 Å². The number of hydrogen-bond donors (Lipinski definition) is 0. The van der Waals surface area contributed by atoms with E-state index in [4.69, 9.17) is 11.6 Å². The lowest BCUT2D eigenvalue weighted by Gasteiger charge is -2.23. The van der Waals surface area contributed by atoms with Crippen molar-refractivity contribution in [3.05, 3.63) is 129 Å². The number of carbonyl (C=O) groups is 1. The van der Waals surface area contributed by atoms with Crippen LogP contribution < -0.4 is 5.56 Å². The van der Waals surface area contributed by atoms with Gasteiger partial charge in [0.05, 0.1) is 12.1 Å². The van der Waals surface area contributed by atoms with Crippen LogP contribution in [0, 0.1) is 0 Å². The smallest absolute Gasteiger partial charge is 0.255 e. The topological polar surface area (TPSA) is 68.1 Å². The van der Waals surface area contributed by atoms with Gasteiger partial charge in [-0.1, -0.05) is 35.9 Å². The predicted molar refractivity (Wildman–Crippen MR) is 123 cm³/mol. The number of amides is 1. The van der Waals surface area contributed by atoms with Crippen LogP contribution in [-0.4, -0.2) is 25.3 Å². The fourth-order valence-corrected chi connectivity index (χ4v) is 3.59. The molecule has 0 atom stereocenters. The summed E-state index contributed by atoms with van der Waals surface area (Å²) in [5.41, 5.74) is 2.91. The summed E-state index contributed by atoms with van der Waals surface area (Å²) in [5, 5.41) is 0.576. The van der Waals surface area contributed by atoms with Crippen molar-refractivity contribution in [1.29, 1.82) is 0 Å². The Balaban J connectivity index is 1.63. The third kappa shape index (κ3) is 5.28. The van der Waals surface area contributed by atoms with Crippen molar-refractivity contribution in [2.75, 3.05) is 0 Å². The molecule has 160 valence electrons. The van der Waals surface area contributed by atoms with Crippen LogP contribution in [0.2, 0.25) is 5.02 Å². The molecule has 1 aromatic carbocycles. The van der Waals surface area contributed by atoms with E-state index in [-0.39, 0.29) is 18.0 Å². The van der Waals surface area contributed by atoms with Gasteiger partial charge in [0.1, 0.15) is 0 Å². The first-order valence-electron chi connectivity index (χ1n) is 10.1. The van der Waals surface area contributed by atoms with Crippen molar-refractivity contribution in [1.82, 2.24) is 19.4 Å². The summed E-state index contributed by atoms with van der Waals surface area (Å²) >= 11 is 6.26. The van der Waals surface area contributed by atoms with Gasteiger partial charge >= 0.3 is 0 Å². The van der Waals surface area contributed by atoms with Crippen LogP contribution in [0.5, 0.6) is 0 Å². The highest BCUT2D eigenvalue weighted by molar-refractivity contribution is 6.31. The minimum Gasteiger partial charge on any atom is -0.330 e. The Hall–Kier alpha value is -3.77. The normalized spacial score (nSPS) is 10.7. The second-order valence-corrected chi connectivity index (χ2v) is 7.76. The highest BCUT2D eigenvalue weighted by atomic mass is 35.5. The maximum Gasteiger partial charge on any atom is 0.255 e. The first-order chi connectivity index (χ1) is 15.6. The predicted octanol–water partition coefficient (Wildman–Crippen LogP) is 4.18. The second-order valence-electron chi connectivity index (χ2n) is 7.35. The Labute approximate surface area is 190 Å². The third-order valence-corrected chi connectivity index (χ3v) is 5.40. The molecule has 0 unspecified atom stereocenters. The van der Waals surface area contributed by atoms with Gasteiger partial charge < -0.3 is 9.47 Å². The molecule has 0 aliphatic heterocycles. The third-order valence-electron chi connectivity index (χ3n) is 5.04. The quantitative estimate of drug-likeness (QED) is 0.428. The van der Waals surface area contributed by atoms with Gasteiger partial charge in [-0.2, -0.15) is 0 Å². The van der Waals surface area contributed by atoms with E-state index in [0.717, 1.165) is 16.7 Å². The van der Waals surface area contributed by atoms with Gasteiger partial charge in [-0.3, -0.25) is 19.6 Å². The van der Waals surface area contributed by atoms with Crippen molar-refractivity contribution in [3.8, 4) is 0 Å². The largest absolute Gasteiger partial charge is 0.330 e. The van der Waals surface area contributed by atoms with Gasteiger partial charge in [0.25, 0.3) is 11.5 Å². The number of hydrogen-bond acceptors (Lipinski definition) is 4. The van der Waals surface area contributed by atoms with Crippen LogP contribution in [0.4, 0.5) is 0 Å². The molecular weight excluding hydrogens is 424 g/mol. The van der Waals surface area contributed by atoms with E-state index in [2.05, 4.69) is 9.97 Å². The average Bonchev–Trinajstić information content (AvgIpc) is 2.82. The van der Waals surface area contributed by atoms with Crippen LogP contribution in [0.25, 0.3) is 0 Å². The van der Waals surface area contributed by atoms with E-state index in [1.54, 1.807) is 48.0 Å². The Morgan fingerprint density at radius 1 is 0.875 bits per heavy atom. The number of halogens is 1. The maximum atomic E-state index is 13.5. The SMILES string of the molecule is O=C(c1ccc(=O)n(Cc2ccccc2Cl)c1)N(Cc1ccncc1)Cc1cccnc1. The molecule has 0 N–H and O–H groups in total. The molecule has 0 spiro atoms. The van der Waals surface area contributed by atoms with E-state index in [1.165, 1.54) is 10.6 Å². The molecular formula is C25H21ClN4O2. The van der Waals surface area contributed by atoms with E-state index in [1.807, 2.05) is 42.5 Å². The Morgan fingerprint density at radius 2 is 1.66 bits per heavy atom. The van der Waals surface area contributed by atoms with Gasteiger partial charge in [0, 0.05) is 55.2 Å². The van der Waals surface area contributed by atoms with Crippen molar-refractivity contribution in [2.24, 2.45) is 0 Å². The summed E-state index contributed by atoms with van der Waals surface area (Å²) < 4.78 is 1.50. The summed E-state index contributed by atoms with van der Waals surface area (Å²) in [5.74, 6) is -0.182. The molecule has 32 heavy (non-hydrogen) atoms. The Morgan fingerprint density at radius 3 is 2.41 bits per heavy atom. The molecule has 0 bridgehead atoms. The minimum atomic E-state index is -0.200. The molecule has 0 aliphatic carbocycles. The Bertz CT molecular complexity index is 1220. The summed E-state index contributed by atoms with van der Waals surface area (Å²) in [6.45, 7) is 1.07. The number of nitrogens with zero attached hydrogens (tertiary/aromatic N) is 4. The van der Waals surface area contributed by atoms with Gasteiger partial charge in [-0.05, 0) is 47.0 Å². The standard InChI is InChI=1S/C25H21ClN4O2/c26-23-6-2-1-5-21(23)17-29-18-22(7-8-24(29)31)25(32)30(15-19-9-12-27-13-10-19)16-20-4-3-11-28-14-20/h1-14,18H,15-17H2. The van der Waals surface area contributed by atoms with Crippen molar-refractivity contribution < 1.29 is 4.79 Å². The number of aromatic nitrogens is 3. The fraction of sp³-hybridized carbons (Fsp3) is 0.120. The molecule has 4 aromatic rings. The molecule has 0 saturated carbocycles. The minimum absolute atomic E-state index is 0.182. The number of benzene rings is 1. The molecule has 4 rings (SSSR count).